The van der Waals surface area contributed by atoms with E-state index in [1.165, 1.54) is 6.20 Å². The number of nitrogens with zero attached hydrogens (tertiary/aromatic N) is 3. The van der Waals surface area contributed by atoms with Crippen molar-refractivity contribution < 1.29 is 18.7 Å². The normalized spacial score (nSPS) is 22.1. The Bertz CT molecular complexity index is 1020. The highest BCUT2D eigenvalue weighted by Gasteiger charge is 2.35. The monoisotopic (exact) mass is 438 g/mol. The molecule has 0 unspecified atom stereocenters. The highest BCUT2D eigenvalue weighted by molar-refractivity contribution is 5.94. The molecule has 1 aromatic carbocycles. The number of piperazine rings is 1. The van der Waals surface area contributed by atoms with Gasteiger partial charge >= 0.3 is 0 Å². The Labute approximate surface area is 186 Å². The first-order valence-electron chi connectivity index (χ1n) is 11.3. The van der Waals surface area contributed by atoms with Gasteiger partial charge in [-0.25, -0.2) is 4.98 Å². The average molecular weight is 439 g/mol. The van der Waals surface area contributed by atoms with Gasteiger partial charge in [0.15, 0.2) is 0 Å². The second-order valence-corrected chi connectivity index (χ2v) is 8.80. The number of amides is 2. The van der Waals surface area contributed by atoms with Crippen molar-refractivity contribution in [1.82, 2.24) is 14.8 Å². The lowest BCUT2D eigenvalue weighted by atomic mass is 10.0. The number of anilines is 1. The van der Waals surface area contributed by atoms with Crippen LogP contribution in [0, 0.1) is 11.9 Å². The lowest BCUT2D eigenvalue weighted by molar-refractivity contribution is -0.139. The molecule has 2 fully saturated rings. The Hall–Kier alpha value is -3.00. The number of ether oxygens (including phenoxy) is 1. The maximum atomic E-state index is 14.1. The van der Waals surface area contributed by atoms with Gasteiger partial charge in [-0.1, -0.05) is 18.9 Å². The van der Waals surface area contributed by atoms with E-state index in [1.54, 1.807) is 30.3 Å². The molecule has 1 atom stereocenters. The highest BCUT2D eigenvalue weighted by Crippen LogP contribution is 2.33. The Morgan fingerprint density at radius 2 is 2.03 bits per heavy atom. The molecule has 1 aliphatic carbocycles. The third kappa shape index (κ3) is 4.19. The van der Waals surface area contributed by atoms with E-state index in [2.05, 4.69) is 15.2 Å². The van der Waals surface area contributed by atoms with Gasteiger partial charge in [-0.2, -0.15) is 4.39 Å². The van der Waals surface area contributed by atoms with Gasteiger partial charge in [0.25, 0.3) is 0 Å². The number of carbonyl (C=O) groups is 2. The van der Waals surface area contributed by atoms with Gasteiger partial charge < -0.3 is 15.0 Å². The van der Waals surface area contributed by atoms with Crippen LogP contribution in [0.25, 0.3) is 11.1 Å². The predicted octanol–water partition coefficient (Wildman–Crippen LogP) is 2.92. The van der Waals surface area contributed by atoms with Gasteiger partial charge in [0.2, 0.25) is 17.8 Å². The molecule has 3 aliphatic rings. The van der Waals surface area contributed by atoms with Crippen LogP contribution >= 0.6 is 0 Å². The number of hydrogen-bond donors (Lipinski definition) is 1. The van der Waals surface area contributed by atoms with Crippen LogP contribution in [0.3, 0.4) is 0 Å². The molecule has 1 saturated carbocycles. The zero-order chi connectivity index (χ0) is 22.1. The van der Waals surface area contributed by atoms with Crippen LogP contribution < -0.4 is 10.1 Å². The molecule has 1 saturated heterocycles. The molecule has 3 heterocycles. The van der Waals surface area contributed by atoms with Crippen molar-refractivity contribution in [2.45, 2.75) is 31.7 Å². The SMILES string of the molecule is O=C1CN2CCN(C(=O)C3CCCC3)C[C@@H]2COc2ccc(-c3cccnc3F)cc2N1. The van der Waals surface area contributed by atoms with Crippen molar-refractivity contribution >= 4 is 17.5 Å². The molecule has 8 heteroatoms. The van der Waals surface area contributed by atoms with Crippen molar-refractivity contribution in [1.29, 1.82) is 0 Å². The van der Waals surface area contributed by atoms with Crippen LogP contribution in [0.15, 0.2) is 36.5 Å². The van der Waals surface area contributed by atoms with Gasteiger partial charge in [-0.3, -0.25) is 14.5 Å². The van der Waals surface area contributed by atoms with E-state index < -0.39 is 5.95 Å². The second-order valence-electron chi connectivity index (χ2n) is 8.80. The topological polar surface area (TPSA) is 74.8 Å². The minimum absolute atomic E-state index is 0.0544. The van der Waals surface area contributed by atoms with E-state index in [9.17, 15) is 14.0 Å². The summed E-state index contributed by atoms with van der Waals surface area (Å²) in [5.74, 6) is 0.213. The lowest BCUT2D eigenvalue weighted by Gasteiger charge is -2.41. The Kier molecular flexibility index (Phi) is 5.78. The van der Waals surface area contributed by atoms with E-state index >= 15 is 0 Å². The fourth-order valence-electron chi connectivity index (χ4n) is 4.97. The lowest BCUT2D eigenvalue weighted by Crippen LogP contribution is -2.58. The molecule has 5 rings (SSSR count). The number of pyridine rings is 1. The van der Waals surface area contributed by atoms with Crippen LogP contribution in [0.4, 0.5) is 10.1 Å². The van der Waals surface area contributed by atoms with Gasteiger partial charge in [-0.15, -0.1) is 0 Å². The standard InChI is InChI=1S/C24H27FN4O3/c25-23-19(6-3-9-26-23)17-7-8-21-20(12-17)27-22(30)14-28-10-11-29(13-18(28)15-32-21)24(31)16-4-1-2-5-16/h3,6-9,12,16,18H,1-2,4-5,10-11,13-15H2,(H,27,30)/t18-/m1/s1. The summed E-state index contributed by atoms with van der Waals surface area (Å²) in [7, 11) is 0. The first-order valence-corrected chi connectivity index (χ1v) is 11.3. The third-order valence-electron chi connectivity index (χ3n) is 6.72. The molecule has 0 radical (unpaired) electrons. The minimum atomic E-state index is -0.563. The van der Waals surface area contributed by atoms with Crippen molar-refractivity contribution in [2.75, 3.05) is 38.1 Å². The first-order chi connectivity index (χ1) is 15.6. The van der Waals surface area contributed by atoms with Gasteiger partial charge in [0.05, 0.1) is 18.3 Å². The van der Waals surface area contributed by atoms with Crippen LogP contribution in [-0.4, -0.2) is 65.4 Å². The zero-order valence-corrected chi connectivity index (χ0v) is 17.9. The quantitative estimate of drug-likeness (QED) is 0.730. The largest absolute Gasteiger partial charge is 0.490 e. The average Bonchev–Trinajstić information content (AvgIpc) is 3.35. The molecular formula is C24H27FN4O3. The molecule has 32 heavy (non-hydrogen) atoms. The van der Waals surface area contributed by atoms with E-state index in [-0.39, 0.29) is 30.3 Å². The number of nitrogens with one attached hydrogen (secondary N) is 1. The number of halogens is 1. The zero-order valence-electron chi connectivity index (χ0n) is 17.9. The molecule has 1 N–H and O–H groups in total. The number of benzene rings is 1. The van der Waals surface area contributed by atoms with Crippen molar-refractivity contribution in [3.05, 3.63) is 42.5 Å². The Morgan fingerprint density at radius 3 is 2.84 bits per heavy atom. The third-order valence-corrected chi connectivity index (χ3v) is 6.72. The van der Waals surface area contributed by atoms with Crippen molar-refractivity contribution in [2.24, 2.45) is 5.92 Å². The van der Waals surface area contributed by atoms with E-state index in [4.69, 9.17) is 4.74 Å². The number of hydrogen-bond acceptors (Lipinski definition) is 5. The summed E-state index contributed by atoms with van der Waals surface area (Å²) in [5.41, 5.74) is 1.49. The van der Waals surface area contributed by atoms with Crippen LogP contribution in [0.2, 0.25) is 0 Å². The molecular weight excluding hydrogens is 411 g/mol. The summed E-state index contributed by atoms with van der Waals surface area (Å²) in [6, 6.07) is 8.49. The summed E-state index contributed by atoms with van der Waals surface area (Å²) < 4.78 is 20.2. The highest BCUT2D eigenvalue weighted by atomic mass is 19.1. The molecule has 7 nitrogen and oxygen atoms in total. The smallest absolute Gasteiger partial charge is 0.238 e. The van der Waals surface area contributed by atoms with Gasteiger partial charge in [-0.05, 0) is 42.7 Å². The van der Waals surface area contributed by atoms with Gasteiger partial charge in [0.1, 0.15) is 12.4 Å². The fraction of sp³-hybridized carbons (Fsp3) is 0.458. The molecule has 0 bridgehead atoms. The Morgan fingerprint density at radius 1 is 1.19 bits per heavy atom. The van der Waals surface area contributed by atoms with Crippen molar-refractivity contribution in [3.8, 4) is 16.9 Å². The number of fused-ring (bicyclic) bond motifs is 2. The molecule has 168 valence electrons. The molecule has 2 aliphatic heterocycles. The van der Waals surface area contributed by atoms with E-state index in [1.807, 2.05) is 4.90 Å². The van der Waals surface area contributed by atoms with Crippen molar-refractivity contribution in [3.63, 3.8) is 0 Å². The minimum Gasteiger partial charge on any atom is -0.490 e. The first kappa shape index (κ1) is 20.9. The molecule has 2 aromatic rings. The summed E-state index contributed by atoms with van der Waals surface area (Å²) >= 11 is 0. The maximum Gasteiger partial charge on any atom is 0.238 e. The molecule has 1 aromatic heterocycles. The predicted molar refractivity (Wildman–Crippen MR) is 118 cm³/mol. The second kappa shape index (κ2) is 8.86. The number of carbonyl (C=O) groups excluding carboxylic acids is 2. The number of rotatable bonds is 2. The van der Waals surface area contributed by atoms with E-state index in [0.29, 0.717) is 48.8 Å². The maximum absolute atomic E-state index is 14.1. The van der Waals surface area contributed by atoms with Crippen LogP contribution in [0.1, 0.15) is 25.7 Å². The van der Waals surface area contributed by atoms with Crippen LogP contribution in [-0.2, 0) is 9.59 Å². The summed E-state index contributed by atoms with van der Waals surface area (Å²) in [6.45, 7) is 2.44. The van der Waals surface area contributed by atoms with Gasteiger partial charge in [0, 0.05) is 37.3 Å². The summed E-state index contributed by atoms with van der Waals surface area (Å²) in [6.07, 6.45) is 5.62. The molecule has 0 spiro atoms. The number of aromatic nitrogens is 1. The summed E-state index contributed by atoms with van der Waals surface area (Å²) in [4.78, 5) is 33.4. The Balaban J connectivity index is 1.35. The summed E-state index contributed by atoms with van der Waals surface area (Å²) in [5, 5.41) is 2.91. The van der Waals surface area contributed by atoms with Crippen LogP contribution in [0.5, 0.6) is 5.75 Å². The fourth-order valence-corrected chi connectivity index (χ4v) is 4.97. The van der Waals surface area contributed by atoms with E-state index in [0.717, 1.165) is 25.7 Å². The molecule has 2 amide bonds.